The van der Waals surface area contributed by atoms with Gasteiger partial charge in [0.05, 0.1) is 0 Å². The quantitative estimate of drug-likeness (QED) is 0.762. The van der Waals surface area contributed by atoms with Crippen molar-refractivity contribution in [1.29, 1.82) is 0 Å². The summed E-state index contributed by atoms with van der Waals surface area (Å²) in [6, 6.07) is 0. The summed E-state index contributed by atoms with van der Waals surface area (Å²) in [5, 5.41) is 3.37. The van der Waals surface area contributed by atoms with Crippen molar-refractivity contribution in [2.45, 2.75) is 48.5 Å². The zero-order chi connectivity index (χ0) is 12.9. The molecule has 0 unspecified atom stereocenters. The molecule has 0 aliphatic heterocycles. The fourth-order valence-corrected chi connectivity index (χ4v) is 1.38. The Labute approximate surface area is 98.4 Å². The van der Waals surface area contributed by atoms with Crippen molar-refractivity contribution in [3.05, 3.63) is 0 Å². The van der Waals surface area contributed by atoms with Crippen molar-refractivity contribution < 1.29 is 0 Å². The van der Waals surface area contributed by atoms with Crippen molar-refractivity contribution >= 4 is 0 Å². The van der Waals surface area contributed by atoms with Crippen molar-refractivity contribution in [1.82, 2.24) is 10.2 Å². The maximum absolute atomic E-state index is 3.37. The molecule has 0 saturated heterocycles. The van der Waals surface area contributed by atoms with E-state index in [0.29, 0.717) is 5.41 Å². The first kappa shape index (κ1) is 20.3. The summed E-state index contributed by atoms with van der Waals surface area (Å²) in [6.45, 7) is 18.0. The number of hydrogen-bond acceptors (Lipinski definition) is 2. The van der Waals surface area contributed by atoms with E-state index in [4.69, 9.17) is 0 Å². The average Bonchev–Trinajstić information content (AvgIpc) is 2.19. The zero-order valence-corrected chi connectivity index (χ0v) is 12.6. The third-order valence-electron chi connectivity index (χ3n) is 1.60. The van der Waals surface area contributed by atoms with Crippen molar-refractivity contribution in [2.24, 2.45) is 5.41 Å². The van der Waals surface area contributed by atoms with Gasteiger partial charge in [-0.05, 0) is 26.1 Å². The number of hydrogen-bond donors (Lipinski definition) is 1. The molecular weight excluding hydrogens is 184 g/mol. The Balaban J connectivity index is -0.000000318. The molecule has 1 N–H and O–H groups in total. The van der Waals surface area contributed by atoms with Crippen LogP contribution in [0.15, 0.2) is 0 Å². The van der Waals surface area contributed by atoms with Gasteiger partial charge in [-0.2, -0.15) is 0 Å². The topological polar surface area (TPSA) is 15.3 Å². The van der Waals surface area contributed by atoms with Gasteiger partial charge in [0.15, 0.2) is 0 Å². The lowest BCUT2D eigenvalue weighted by Gasteiger charge is -2.28. The van der Waals surface area contributed by atoms with E-state index in [1.807, 2.05) is 27.7 Å². The van der Waals surface area contributed by atoms with Gasteiger partial charge in [0.25, 0.3) is 0 Å². The SMILES string of the molecule is CC.CC.CCNCC(C)(C)CN(C)C. The number of nitrogens with one attached hydrogen (secondary N) is 1. The minimum absolute atomic E-state index is 0.388. The maximum Gasteiger partial charge on any atom is 0.00387 e. The Morgan fingerprint density at radius 3 is 1.67 bits per heavy atom. The monoisotopic (exact) mass is 218 g/mol. The molecule has 0 aromatic carbocycles. The third-order valence-corrected chi connectivity index (χ3v) is 1.60. The van der Waals surface area contributed by atoms with Crippen LogP contribution >= 0.6 is 0 Å². The van der Waals surface area contributed by atoms with E-state index in [2.05, 4.69) is 45.1 Å². The van der Waals surface area contributed by atoms with Crippen LogP contribution in [0.4, 0.5) is 0 Å². The molecule has 0 heterocycles. The zero-order valence-electron chi connectivity index (χ0n) is 12.6. The van der Waals surface area contributed by atoms with Crippen LogP contribution in [0.1, 0.15) is 48.5 Å². The van der Waals surface area contributed by atoms with E-state index in [-0.39, 0.29) is 0 Å². The largest absolute Gasteiger partial charge is 0.316 e. The Bertz CT molecular complexity index is 98.7. The van der Waals surface area contributed by atoms with Gasteiger partial charge in [-0.3, -0.25) is 0 Å². The van der Waals surface area contributed by atoms with Crippen LogP contribution in [0, 0.1) is 5.41 Å². The molecule has 0 saturated carbocycles. The first-order chi connectivity index (χ1) is 6.98. The van der Waals surface area contributed by atoms with Crippen LogP contribution in [-0.2, 0) is 0 Å². The lowest BCUT2D eigenvalue weighted by molar-refractivity contribution is 0.234. The predicted molar refractivity (Wildman–Crippen MR) is 73.6 cm³/mol. The summed E-state index contributed by atoms with van der Waals surface area (Å²) in [6.07, 6.45) is 0. The molecule has 96 valence electrons. The van der Waals surface area contributed by atoms with Gasteiger partial charge < -0.3 is 10.2 Å². The first-order valence-electron chi connectivity index (χ1n) is 6.33. The number of rotatable bonds is 5. The van der Waals surface area contributed by atoms with Crippen LogP contribution in [0.2, 0.25) is 0 Å². The highest BCUT2D eigenvalue weighted by Gasteiger charge is 2.17. The molecule has 0 bridgehead atoms. The second kappa shape index (κ2) is 13.9. The molecule has 0 aliphatic carbocycles. The standard InChI is InChI=1S/C9H22N2.2C2H6/c1-6-10-7-9(2,3)8-11(4)5;2*1-2/h10H,6-8H2,1-5H3;2*1-2H3. The summed E-state index contributed by atoms with van der Waals surface area (Å²) >= 11 is 0. The van der Waals surface area contributed by atoms with Crippen molar-refractivity contribution in [3.8, 4) is 0 Å². The number of nitrogens with zero attached hydrogens (tertiary/aromatic N) is 1. The fourth-order valence-electron chi connectivity index (χ4n) is 1.38. The molecule has 2 nitrogen and oxygen atoms in total. The minimum Gasteiger partial charge on any atom is -0.316 e. The van der Waals surface area contributed by atoms with Gasteiger partial charge >= 0.3 is 0 Å². The molecule has 0 amide bonds. The lowest BCUT2D eigenvalue weighted by atomic mass is 9.93. The van der Waals surface area contributed by atoms with Crippen LogP contribution in [0.25, 0.3) is 0 Å². The highest BCUT2D eigenvalue weighted by molar-refractivity contribution is 4.73. The minimum atomic E-state index is 0.388. The van der Waals surface area contributed by atoms with Crippen LogP contribution < -0.4 is 5.32 Å². The second-order valence-electron chi connectivity index (χ2n) is 4.18. The Hall–Kier alpha value is -0.0800. The van der Waals surface area contributed by atoms with Gasteiger partial charge in [0, 0.05) is 13.1 Å². The van der Waals surface area contributed by atoms with Crippen molar-refractivity contribution in [3.63, 3.8) is 0 Å². The van der Waals surface area contributed by atoms with Gasteiger partial charge in [-0.15, -0.1) is 0 Å². The molecule has 0 aliphatic rings. The molecule has 0 spiro atoms. The fraction of sp³-hybridized carbons (Fsp3) is 1.00. The van der Waals surface area contributed by atoms with E-state index in [0.717, 1.165) is 19.6 Å². The van der Waals surface area contributed by atoms with Crippen molar-refractivity contribution in [2.75, 3.05) is 33.7 Å². The second-order valence-corrected chi connectivity index (χ2v) is 4.18. The highest BCUT2D eigenvalue weighted by atomic mass is 15.1. The molecule has 0 rings (SSSR count). The van der Waals surface area contributed by atoms with Crippen LogP contribution in [0.3, 0.4) is 0 Å². The molecule has 0 aromatic rings. The molecule has 15 heavy (non-hydrogen) atoms. The first-order valence-corrected chi connectivity index (χ1v) is 6.33. The Morgan fingerprint density at radius 2 is 1.40 bits per heavy atom. The van der Waals surface area contributed by atoms with Crippen LogP contribution in [-0.4, -0.2) is 38.6 Å². The molecule has 2 heteroatoms. The molecular formula is C13H34N2. The van der Waals surface area contributed by atoms with E-state index in [9.17, 15) is 0 Å². The Kier molecular flexibility index (Phi) is 18.9. The van der Waals surface area contributed by atoms with E-state index >= 15 is 0 Å². The summed E-state index contributed by atoms with van der Waals surface area (Å²) in [5.41, 5.74) is 0.388. The van der Waals surface area contributed by atoms with Gasteiger partial charge in [0.2, 0.25) is 0 Å². The highest BCUT2D eigenvalue weighted by Crippen LogP contribution is 2.13. The normalized spacial score (nSPS) is 10.0. The Morgan fingerprint density at radius 1 is 1.00 bits per heavy atom. The van der Waals surface area contributed by atoms with Crippen LogP contribution in [0.5, 0.6) is 0 Å². The molecule has 0 atom stereocenters. The molecule has 0 fully saturated rings. The average molecular weight is 218 g/mol. The van der Waals surface area contributed by atoms with E-state index in [1.165, 1.54) is 0 Å². The molecule has 0 aromatic heterocycles. The summed E-state index contributed by atoms with van der Waals surface area (Å²) in [4.78, 5) is 2.23. The summed E-state index contributed by atoms with van der Waals surface area (Å²) in [5.74, 6) is 0. The summed E-state index contributed by atoms with van der Waals surface area (Å²) < 4.78 is 0. The van der Waals surface area contributed by atoms with E-state index < -0.39 is 0 Å². The molecule has 0 radical (unpaired) electrons. The lowest BCUT2D eigenvalue weighted by Crippen LogP contribution is -2.37. The maximum atomic E-state index is 3.37. The summed E-state index contributed by atoms with van der Waals surface area (Å²) in [7, 11) is 4.24. The van der Waals surface area contributed by atoms with E-state index in [1.54, 1.807) is 0 Å². The van der Waals surface area contributed by atoms with Gasteiger partial charge in [-0.25, -0.2) is 0 Å². The predicted octanol–water partition coefficient (Wildman–Crippen LogP) is 3.24. The smallest absolute Gasteiger partial charge is 0.00387 e. The van der Waals surface area contributed by atoms with Gasteiger partial charge in [0.1, 0.15) is 0 Å². The van der Waals surface area contributed by atoms with Gasteiger partial charge in [-0.1, -0.05) is 48.5 Å². The third kappa shape index (κ3) is 20.1.